The Labute approximate surface area is 121 Å². The van der Waals surface area contributed by atoms with Crippen LogP contribution in [0.15, 0.2) is 34.7 Å². The Kier molecular flexibility index (Phi) is 4.86. The van der Waals surface area contributed by atoms with Gasteiger partial charge in [-0.3, -0.25) is 0 Å². The summed E-state index contributed by atoms with van der Waals surface area (Å²) in [7, 11) is 0. The van der Waals surface area contributed by atoms with E-state index in [-0.39, 0.29) is 11.1 Å². The number of benzene rings is 1. The monoisotopic (exact) mass is 301 g/mol. The summed E-state index contributed by atoms with van der Waals surface area (Å²) in [5.41, 5.74) is 0.848. The maximum absolute atomic E-state index is 13.4. The predicted molar refractivity (Wildman–Crippen MR) is 75.2 cm³/mol. The van der Waals surface area contributed by atoms with Crippen molar-refractivity contribution in [2.24, 2.45) is 0 Å². The molecule has 2 rings (SSSR count). The summed E-state index contributed by atoms with van der Waals surface area (Å²) in [5, 5.41) is 3.76. The van der Waals surface area contributed by atoms with Gasteiger partial charge in [-0.2, -0.15) is 0 Å². The molecule has 1 heterocycles. The third-order valence-electron chi connectivity index (χ3n) is 2.81. The van der Waals surface area contributed by atoms with Gasteiger partial charge >= 0.3 is 0 Å². The lowest BCUT2D eigenvalue weighted by Crippen LogP contribution is -2.22. The molecule has 2 nitrogen and oxygen atoms in total. The SMILES string of the molecule is CCNC(Cc1ccc(Cl)c(F)c1)c1ccc(Cl)o1. The molecule has 0 spiro atoms. The van der Waals surface area contributed by atoms with Gasteiger partial charge in [0.25, 0.3) is 0 Å². The smallest absolute Gasteiger partial charge is 0.193 e. The molecule has 19 heavy (non-hydrogen) atoms. The van der Waals surface area contributed by atoms with Gasteiger partial charge in [-0.1, -0.05) is 24.6 Å². The number of hydrogen-bond acceptors (Lipinski definition) is 2. The topological polar surface area (TPSA) is 25.2 Å². The maximum Gasteiger partial charge on any atom is 0.193 e. The van der Waals surface area contributed by atoms with E-state index in [1.165, 1.54) is 6.07 Å². The van der Waals surface area contributed by atoms with Crippen molar-refractivity contribution in [3.05, 3.63) is 57.7 Å². The van der Waals surface area contributed by atoms with Gasteiger partial charge in [0.15, 0.2) is 5.22 Å². The van der Waals surface area contributed by atoms with Crippen LogP contribution in [0.3, 0.4) is 0 Å². The number of likely N-dealkylation sites (N-methyl/N-ethyl adjacent to an activating group) is 1. The minimum atomic E-state index is -0.410. The fraction of sp³-hybridized carbons (Fsp3) is 0.286. The summed E-state index contributed by atoms with van der Waals surface area (Å²) >= 11 is 11.5. The second-order valence-electron chi connectivity index (χ2n) is 4.20. The van der Waals surface area contributed by atoms with Crippen molar-refractivity contribution < 1.29 is 8.81 Å². The normalized spacial score (nSPS) is 12.6. The van der Waals surface area contributed by atoms with E-state index in [0.29, 0.717) is 11.6 Å². The minimum Gasteiger partial charge on any atom is -0.448 e. The van der Waals surface area contributed by atoms with Gasteiger partial charge in [-0.15, -0.1) is 0 Å². The van der Waals surface area contributed by atoms with Crippen molar-refractivity contribution in [3.63, 3.8) is 0 Å². The molecule has 0 aliphatic heterocycles. The molecule has 0 bridgehead atoms. The van der Waals surface area contributed by atoms with Gasteiger partial charge in [0.2, 0.25) is 0 Å². The molecule has 0 saturated heterocycles. The second kappa shape index (κ2) is 6.42. The van der Waals surface area contributed by atoms with Crippen molar-refractivity contribution in [3.8, 4) is 0 Å². The van der Waals surface area contributed by atoms with Crippen LogP contribution in [0.4, 0.5) is 4.39 Å². The summed E-state index contributed by atoms with van der Waals surface area (Å²) in [6.45, 7) is 2.78. The molecule has 0 radical (unpaired) electrons. The van der Waals surface area contributed by atoms with E-state index in [1.54, 1.807) is 18.2 Å². The zero-order chi connectivity index (χ0) is 13.8. The standard InChI is InChI=1S/C14H14Cl2FNO/c1-2-18-12(13-5-6-14(16)19-13)8-9-3-4-10(15)11(17)7-9/h3-7,12,18H,2,8H2,1H3. The fourth-order valence-corrected chi connectivity index (χ4v) is 2.21. The quantitative estimate of drug-likeness (QED) is 0.872. The molecule has 1 aromatic carbocycles. The Bertz CT molecular complexity index is 556. The molecule has 0 amide bonds. The van der Waals surface area contributed by atoms with Crippen LogP contribution in [-0.4, -0.2) is 6.54 Å². The van der Waals surface area contributed by atoms with Crippen LogP contribution in [0.5, 0.6) is 0 Å². The van der Waals surface area contributed by atoms with Gasteiger partial charge in [0.1, 0.15) is 11.6 Å². The number of hydrogen-bond donors (Lipinski definition) is 1. The zero-order valence-electron chi connectivity index (χ0n) is 10.4. The maximum atomic E-state index is 13.4. The van der Waals surface area contributed by atoms with E-state index in [0.717, 1.165) is 17.9 Å². The molecule has 0 saturated carbocycles. The predicted octanol–water partition coefficient (Wildman–Crippen LogP) is 4.62. The Morgan fingerprint density at radius 3 is 2.63 bits per heavy atom. The highest BCUT2D eigenvalue weighted by Gasteiger charge is 2.15. The molecular weight excluding hydrogens is 288 g/mol. The van der Waals surface area contributed by atoms with E-state index in [2.05, 4.69) is 5.32 Å². The van der Waals surface area contributed by atoms with Crippen LogP contribution >= 0.6 is 23.2 Å². The molecule has 5 heteroatoms. The Balaban J connectivity index is 2.18. The molecule has 0 fully saturated rings. The van der Waals surface area contributed by atoms with Crippen molar-refractivity contribution in [2.75, 3.05) is 6.54 Å². The van der Waals surface area contributed by atoms with Crippen LogP contribution in [-0.2, 0) is 6.42 Å². The van der Waals surface area contributed by atoms with E-state index in [1.807, 2.05) is 13.0 Å². The summed E-state index contributed by atoms with van der Waals surface area (Å²) < 4.78 is 18.8. The summed E-state index contributed by atoms with van der Waals surface area (Å²) in [5.74, 6) is 0.328. The molecule has 1 unspecified atom stereocenters. The number of rotatable bonds is 5. The number of furan rings is 1. The lowest BCUT2D eigenvalue weighted by Gasteiger charge is -2.15. The van der Waals surface area contributed by atoms with Crippen LogP contribution in [0.2, 0.25) is 10.2 Å². The van der Waals surface area contributed by atoms with E-state index in [9.17, 15) is 4.39 Å². The molecule has 0 aliphatic rings. The molecule has 2 aromatic rings. The third-order valence-corrected chi connectivity index (χ3v) is 3.32. The Hall–Kier alpha value is -1.03. The Morgan fingerprint density at radius 2 is 2.05 bits per heavy atom. The van der Waals surface area contributed by atoms with Crippen LogP contribution in [0, 0.1) is 5.82 Å². The van der Waals surface area contributed by atoms with E-state index >= 15 is 0 Å². The minimum absolute atomic E-state index is 0.0434. The lowest BCUT2D eigenvalue weighted by atomic mass is 10.0. The van der Waals surface area contributed by atoms with Crippen molar-refractivity contribution in [2.45, 2.75) is 19.4 Å². The molecule has 0 aliphatic carbocycles. The summed E-state index contributed by atoms with van der Waals surface area (Å²) in [6, 6.07) is 8.28. The van der Waals surface area contributed by atoms with E-state index < -0.39 is 5.82 Å². The van der Waals surface area contributed by atoms with Crippen molar-refractivity contribution in [1.82, 2.24) is 5.32 Å². The summed E-state index contributed by atoms with van der Waals surface area (Å²) in [6.07, 6.45) is 0.603. The van der Waals surface area contributed by atoms with Crippen molar-refractivity contribution >= 4 is 23.2 Å². The zero-order valence-corrected chi connectivity index (χ0v) is 11.9. The second-order valence-corrected chi connectivity index (χ2v) is 4.98. The lowest BCUT2D eigenvalue weighted by molar-refractivity contribution is 0.417. The summed E-state index contributed by atoms with van der Waals surface area (Å²) in [4.78, 5) is 0. The van der Waals surface area contributed by atoms with Gasteiger partial charge in [0, 0.05) is 0 Å². The highest BCUT2D eigenvalue weighted by atomic mass is 35.5. The fourth-order valence-electron chi connectivity index (χ4n) is 1.94. The first-order valence-electron chi connectivity index (χ1n) is 6.02. The first-order chi connectivity index (χ1) is 9.10. The first kappa shape index (κ1) is 14.4. The molecule has 1 atom stereocenters. The Morgan fingerprint density at radius 1 is 1.26 bits per heavy atom. The first-order valence-corrected chi connectivity index (χ1v) is 6.78. The van der Waals surface area contributed by atoms with Gasteiger partial charge in [0.05, 0.1) is 11.1 Å². The van der Waals surface area contributed by atoms with Gasteiger partial charge in [-0.05, 0) is 54.4 Å². The van der Waals surface area contributed by atoms with Crippen LogP contribution in [0.1, 0.15) is 24.3 Å². The van der Waals surface area contributed by atoms with Gasteiger partial charge in [-0.25, -0.2) is 4.39 Å². The molecule has 1 aromatic heterocycles. The van der Waals surface area contributed by atoms with Crippen LogP contribution in [0.25, 0.3) is 0 Å². The molecule has 1 N–H and O–H groups in total. The average Bonchev–Trinajstić information content (AvgIpc) is 2.80. The van der Waals surface area contributed by atoms with Gasteiger partial charge < -0.3 is 9.73 Å². The number of nitrogens with one attached hydrogen (secondary N) is 1. The van der Waals surface area contributed by atoms with Crippen molar-refractivity contribution in [1.29, 1.82) is 0 Å². The van der Waals surface area contributed by atoms with E-state index in [4.69, 9.17) is 27.6 Å². The largest absolute Gasteiger partial charge is 0.448 e. The number of halogens is 3. The molecular formula is C14H14Cl2FNO. The highest BCUT2D eigenvalue weighted by Crippen LogP contribution is 2.24. The third kappa shape index (κ3) is 3.72. The van der Waals surface area contributed by atoms with Crippen LogP contribution < -0.4 is 5.32 Å². The average molecular weight is 302 g/mol. The molecule has 102 valence electrons. The highest BCUT2D eigenvalue weighted by molar-refractivity contribution is 6.30.